The molecule has 0 amide bonds. The second-order valence-corrected chi connectivity index (χ2v) is 7.32. The number of halogens is 3. The number of alkyl halides is 3. The molecule has 0 radical (unpaired) electrons. The second-order valence-electron chi connectivity index (χ2n) is 7.32. The Morgan fingerprint density at radius 3 is 2.36 bits per heavy atom. The van der Waals surface area contributed by atoms with Crippen molar-refractivity contribution in [3.8, 4) is 0 Å². The van der Waals surface area contributed by atoms with Crippen molar-refractivity contribution in [3.05, 3.63) is 34.7 Å². The Labute approximate surface area is 158 Å². The molecule has 2 heterocycles. The topological polar surface area (TPSA) is 85.7 Å². The van der Waals surface area contributed by atoms with Crippen LogP contribution in [-0.4, -0.2) is 41.0 Å². The van der Waals surface area contributed by atoms with Gasteiger partial charge in [0.1, 0.15) is 23.1 Å². The number of nitrogens with zero attached hydrogens (tertiary/aromatic N) is 1. The van der Waals surface area contributed by atoms with Gasteiger partial charge in [0, 0.05) is 17.4 Å². The first kappa shape index (κ1) is 19.1. The second kappa shape index (κ2) is 6.97. The quantitative estimate of drug-likeness (QED) is 0.478. The van der Waals surface area contributed by atoms with E-state index in [0.717, 1.165) is 6.07 Å². The molecule has 1 saturated heterocycles. The molecule has 1 aromatic rings. The van der Waals surface area contributed by atoms with Crippen LogP contribution in [-0.2, 0) is 31.8 Å². The fraction of sp³-hybridized carbons (Fsp3) is 0.526. The molecule has 150 valence electrons. The van der Waals surface area contributed by atoms with E-state index < -0.39 is 29.2 Å². The highest BCUT2D eigenvalue weighted by Crippen LogP contribution is 2.42. The third-order valence-corrected chi connectivity index (χ3v) is 5.49. The van der Waals surface area contributed by atoms with E-state index in [1.54, 1.807) is 0 Å². The molecule has 2 unspecified atom stereocenters. The molecule has 3 fully saturated rings. The zero-order valence-corrected chi connectivity index (χ0v) is 14.8. The summed E-state index contributed by atoms with van der Waals surface area (Å²) in [6, 6.07) is 1.75. The number of hydrogen-bond acceptors (Lipinski definition) is 6. The predicted octanol–water partition coefficient (Wildman–Crippen LogP) is 2.85. The van der Waals surface area contributed by atoms with Crippen molar-refractivity contribution in [2.45, 2.75) is 38.1 Å². The number of carbonyl (C=O) groups is 2. The van der Waals surface area contributed by atoms with Crippen LogP contribution in [0.5, 0.6) is 0 Å². The van der Waals surface area contributed by atoms with Crippen LogP contribution in [0.2, 0.25) is 0 Å². The first-order valence-electron chi connectivity index (χ1n) is 9.04. The van der Waals surface area contributed by atoms with E-state index in [0.29, 0.717) is 38.5 Å². The summed E-state index contributed by atoms with van der Waals surface area (Å²) in [6.45, 7) is 0.337. The lowest BCUT2D eigenvalue weighted by Gasteiger charge is -2.26. The molecule has 2 atom stereocenters. The van der Waals surface area contributed by atoms with Crippen LogP contribution >= 0.6 is 0 Å². The standard InChI is InChI=1S/C19H18F3NO5/c20-19(21,22)14-4-3-12(13(23-14)8-28-11-6-27-7-11)18(26)15-16(24)9-1-2-10(5-9)17(15)25/h3-4,9-11,26H,1-2,5-8H2. The predicted molar refractivity (Wildman–Crippen MR) is 89.0 cm³/mol. The molecule has 6 nitrogen and oxygen atoms in total. The van der Waals surface area contributed by atoms with Crippen LogP contribution in [0.3, 0.4) is 0 Å². The number of aliphatic hydroxyl groups excluding tert-OH is 1. The molecule has 9 heteroatoms. The molecule has 2 aliphatic carbocycles. The van der Waals surface area contributed by atoms with Gasteiger partial charge in [0.15, 0.2) is 11.6 Å². The zero-order chi connectivity index (χ0) is 20.1. The van der Waals surface area contributed by atoms with Crippen molar-refractivity contribution in [3.63, 3.8) is 0 Å². The number of ether oxygens (including phenoxy) is 2. The van der Waals surface area contributed by atoms with Gasteiger partial charge < -0.3 is 14.6 Å². The number of aromatic nitrogens is 1. The van der Waals surface area contributed by atoms with E-state index in [1.807, 2.05) is 0 Å². The van der Waals surface area contributed by atoms with Crippen molar-refractivity contribution in [1.82, 2.24) is 4.98 Å². The number of ketones is 2. The number of carbonyl (C=O) groups excluding carboxylic acids is 2. The Morgan fingerprint density at radius 2 is 1.82 bits per heavy atom. The van der Waals surface area contributed by atoms with Crippen LogP contribution in [0.15, 0.2) is 17.7 Å². The molecule has 3 aliphatic rings. The average molecular weight is 397 g/mol. The summed E-state index contributed by atoms with van der Waals surface area (Å²) in [4.78, 5) is 28.7. The Kier molecular flexibility index (Phi) is 4.75. The minimum atomic E-state index is -4.68. The van der Waals surface area contributed by atoms with Gasteiger partial charge in [-0.15, -0.1) is 0 Å². The van der Waals surface area contributed by atoms with E-state index in [-0.39, 0.29) is 41.4 Å². The van der Waals surface area contributed by atoms with Crippen LogP contribution in [0.1, 0.15) is 36.2 Å². The van der Waals surface area contributed by atoms with Crippen molar-refractivity contribution < 1.29 is 37.3 Å². The highest BCUT2D eigenvalue weighted by atomic mass is 19.4. The highest BCUT2D eigenvalue weighted by molar-refractivity contribution is 6.27. The minimum absolute atomic E-state index is 0.0914. The van der Waals surface area contributed by atoms with E-state index in [1.165, 1.54) is 0 Å². The Morgan fingerprint density at radius 1 is 1.18 bits per heavy atom. The lowest BCUT2D eigenvalue weighted by atomic mass is 9.81. The number of pyridine rings is 1. The van der Waals surface area contributed by atoms with E-state index in [2.05, 4.69) is 4.98 Å². The number of allylic oxidation sites excluding steroid dienone is 1. The Hall–Kier alpha value is -2.26. The van der Waals surface area contributed by atoms with Crippen molar-refractivity contribution in [1.29, 1.82) is 0 Å². The van der Waals surface area contributed by atoms with Gasteiger partial charge in [-0.05, 0) is 31.4 Å². The fourth-order valence-electron chi connectivity index (χ4n) is 3.85. The first-order chi connectivity index (χ1) is 13.3. The third kappa shape index (κ3) is 3.33. The maximum absolute atomic E-state index is 13.1. The zero-order valence-electron chi connectivity index (χ0n) is 14.8. The lowest BCUT2D eigenvalue weighted by Crippen LogP contribution is -2.36. The van der Waals surface area contributed by atoms with E-state index in [9.17, 15) is 27.9 Å². The average Bonchev–Trinajstić information content (AvgIpc) is 3.05. The van der Waals surface area contributed by atoms with Gasteiger partial charge in [0.25, 0.3) is 0 Å². The van der Waals surface area contributed by atoms with Crippen molar-refractivity contribution in [2.75, 3.05) is 13.2 Å². The fourth-order valence-corrected chi connectivity index (χ4v) is 3.85. The number of fused-ring (bicyclic) bond motifs is 2. The van der Waals surface area contributed by atoms with Gasteiger partial charge in [0.05, 0.1) is 25.5 Å². The van der Waals surface area contributed by atoms with Gasteiger partial charge >= 0.3 is 6.18 Å². The van der Waals surface area contributed by atoms with Crippen LogP contribution in [0.4, 0.5) is 13.2 Å². The van der Waals surface area contributed by atoms with Crippen LogP contribution in [0, 0.1) is 11.8 Å². The SMILES string of the molecule is O=C1C(=C(O)c2ccc(C(F)(F)F)nc2COC2COC2)C(=O)C2CCC1C2. The maximum Gasteiger partial charge on any atom is 0.433 e. The molecule has 1 aliphatic heterocycles. The third-order valence-electron chi connectivity index (χ3n) is 5.49. The van der Waals surface area contributed by atoms with Crippen LogP contribution in [0.25, 0.3) is 5.76 Å². The van der Waals surface area contributed by atoms with Crippen molar-refractivity contribution >= 4 is 17.3 Å². The molecule has 4 rings (SSSR count). The Bertz CT molecular complexity index is 836. The van der Waals surface area contributed by atoms with Gasteiger partial charge in [-0.3, -0.25) is 9.59 Å². The molecular weight excluding hydrogens is 379 g/mol. The summed E-state index contributed by atoms with van der Waals surface area (Å²) >= 11 is 0. The lowest BCUT2D eigenvalue weighted by molar-refractivity contribution is -0.143. The molecule has 1 aromatic heterocycles. The van der Waals surface area contributed by atoms with Crippen molar-refractivity contribution in [2.24, 2.45) is 11.8 Å². The molecule has 0 aromatic carbocycles. The van der Waals surface area contributed by atoms with Gasteiger partial charge in [-0.1, -0.05) is 0 Å². The first-order valence-corrected chi connectivity index (χ1v) is 9.04. The number of Topliss-reactive ketones (excluding diaryl/α,β-unsaturated/α-hetero) is 2. The molecule has 1 N–H and O–H groups in total. The number of rotatable bonds is 4. The summed E-state index contributed by atoms with van der Waals surface area (Å²) in [5, 5.41) is 10.7. The minimum Gasteiger partial charge on any atom is -0.506 e. The van der Waals surface area contributed by atoms with Gasteiger partial charge in [-0.25, -0.2) is 4.98 Å². The molecule has 0 spiro atoms. The highest BCUT2D eigenvalue weighted by Gasteiger charge is 2.45. The summed E-state index contributed by atoms with van der Waals surface area (Å²) in [5.41, 5.74) is -1.73. The van der Waals surface area contributed by atoms with E-state index in [4.69, 9.17) is 9.47 Å². The Balaban J connectivity index is 1.74. The summed E-state index contributed by atoms with van der Waals surface area (Å²) in [7, 11) is 0. The molecular formula is C19H18F3NO5. The van der Waals surface area contributed by atoms with Gasteiger partial charge in [-0.2, -0.15) is 13.2 Å². The van der Waals surface area contributed by atoms with Crippen LogP contribution < -0.4 is 0 Å². The maximum atomic E-state index is 13.1. The smallest absolute Gasteiger partial charge is 0.433 e. The number of hydrogen-bond donors (Lipinski definition) is 1. The normalized spacial score (nSPS) is 25.2. The molecule has 28 heavy (non-hydrogen) atoms. The monoisotopic (exact) mass is 397 g/mol. The molecule has 2 bridgehead atoms. The summed E-state index contributed by atoms with van der Waals surface area (Å²) in [5.74, 6) is -2.16. The largest absolute Gasteiger partial charge is 0.506 e. The van der Waals surface area contributed by atoms with Gasteiger partial charge in [0.2, 0.25) is 0 Å². The summed E-state index contributed by atoms with van der Waals surface area (Å²) < 4.78 is 49.6. The van der Waals surface area contributed by atoms with E-state index >= 15 is 0 Å². The molecule has 2 saturated carbocycles. The summed E-state index contributed by atoms with van der Waals surface area (Å²) in [6.07, 6.45) is -3.32. The number of aliphatic hydroxyl groups is 1.